The van der Waals surface area contributed by atoms with Crippen molar-refractivity contribution in [3.8, 4) is 5.75 Å². The van der Waals surface area contributed by atoms with E-state index in [0.717, 1.165) is 26.1 Å². The second-order valence-corrected chi connectivity index (χ2v) is 4.13. The molecule has 94 valence electrons. The van der Waals surface area contributed by atoms with E-state index in [0.29, 0.717) is 11.4 Å². The molecule has 1 aromatic heterocycles. The van der Waals surface area contributed by atoms with Crippen molar-refractivity contribution in [2.24, 2.45) is 0 Å². The Morgan fingerprint density at radius 2 is 2.53 bits per heavy atom. The summed E-state index contributed by atoms with van der Waals surface area (Å²) in [6, 6.07) is 1.78. The van der Waals surface area contributed by atoms with Crippen LogP contribution in [0.2, 0.25) is 0 Å². The highest BCUT2D eigenvalue weighted by atomic mass is 16.5. The van der Waals surface area contributed by atoms with E-state index < -0.39 is 0 Å². The zero-order valence-electron chi connectivity index (χ0n) is 10.1. The predicted molar refractivity (Wildman–Crippen MR) is 66.0 cm³/mol. The Balaban J connectivity index is 1.98. The number of nitrogens with zero attached hydrogens (tertiary/aromatic N) is 1. The highest BCUT2D eigenvalue weighted by Crippen LogP contribution is 2.18. The molecular formula is C12H19N3O2. The first kappa shape index (κ1) is 12.1. The van der Waals surface area contributed by atoms with Gasteiger partial charge in [0.1, 0.15) is 18.0 Å². The van der Waals surface area contributed by atoms with E-state index in [4.69, 9.17) is 15.2 Å². The third-order valence-electron chi connectivity index (χ3n) is 2.80. The van der Waals surface area contributed by atoms with E-state index in [2.05, 4.69) is 17.2 Å². The van der Waals surface area contributed by atoms with Crippen molar-refractivity contribution in [2.45, 2.75) is 25.6 Å². The van der Waals surface area contributed by atoms with Gasteiger partial charge in [0.05, 0.1) is 24.7 Å². The maximum Gasteiger partial charge on any atom is 0.140 e. The van der Waals surface area contributed by atoms with Crippen molar-refractivity contribution in [2.75, 3.05) is 25.4 Å². The zero-order valence-corrected chi connectivity index (χ0v) is 10.1. The Morgan fingerprint density at radius 3 is 3.18 bits per heavy atom. The van der Waals surface area contributed by atoms with Crippen LogP contribution in [-0.4, -0.2) is 36.9 Å². The average Bonchev–Trinajstić information content (AvgIpc) is 2.37. The van der Waals surface area contributed by atoms with Crippen LogP contribution >= 0.6 is 0 Å². The molecule has 17 heavy (non-hydrogen) atoms. The standard InChI is InChI=1S/C12H19N3O2/c1-2-11(12-8-14-3-4-16-12)17-10-5-9(13)6-15-7-10/h5-7,11-12,14H,2-4,8,13H2,1H3. The van der Waals surface area contributed by atoms with Gasteiger partial charge in [-0.25, -0.2) is 0 Å². The van der Waals surface area contributed by atoms with Crippen LogP contribution in [0.1, 0.15) is 13.3 Å². The molecule has 2 unspecified atom stereocenters. The molecule has 1 aliphatic rings. The molecule has 5 nitrogen and oxygen atoms in total. The van der Waals surface area contributed by atoms with Gasteiger partial charge in [-0.3, -0.25) is 4.98 Å². The molecule has 0 aliphatic carbocycles. The average molecular weight is 237 g/mol. The molecule has 0 aromatic carbocycles. The Labute approximate surface area is 101 Å². The van der Waals surface area contributed by atoms with Gasteiger partial charge in [-0.2, -0.15) is 0 Å². The lowest BCUT2D eigenvalue weighted by Crippen LogP contribution is -2.47. The summed E-state index contributed by atoms with van der Waals surface area (Å²) in [4.78, 5) is 4.01. The van der Waals surface area contributed by atoms with Crippen LogP contribution in [-0.2, 0) is 4.74 Å². The molecule has 1 saturated heterocycles. The van der Waals surface area contributed by atoms with Gasteiger partial charge < -0.3 is 20.5 Å². The van der Waals surface area contributed by atoms with Gasteiger partial charge in [-0.1, -0.05) is 6.92 Å². The molecule has 0 saturated carbocycles. The minimum Gasteiger partial charge on any atom is -0.486 e. The SMILES string of the molecule is CCC(Oc1cncc(N)c1)C1CNCCO1. The van der Waals surface area contributed by atoms with Crippen LogP contribution in [0.25, 0.3) is 0 Å². The molecular weight excluding hydrogens is 218 g/mol. The Bertz CT molecular complexity index is 353. The van der Waals surface area contributed by atoms with Crippen LogP contribution in [0.5, 0.6) is 5.75 Å². The third-order valence-corrected chi connectivity index (χ3v) is 2.80. The number of nitrogens with two attached hydrogens (primary N) is 1. The van der Waals surface area contributed by atoms with Crippen LogP contribution in [0.4, 0.5) is 5.69 Å². The summed E-state index contributed by atoms with van der Waals surface area (Å²) in [6.45, 7) is 4.56. The van der Waals surface area contributed by atoms with Crippen molar-refractivity contribution in [1.29, 1.82) is 0 Å². The summed E-state index contributed by atoms with van der Waals surface area (Å²) in [5, 5.41) is 3.30. The van der Waals surface area contributed by atoms with Crippen molar-refractivity contribution < 1.29 is 9.47 Å². The van der Waals surface area contributed by atoms with E-state index in [1.54, 1.807) is 18.5 Å². The van der Waals surface area contributed by atoms with Crippen molar-refractivity contribution in [1.82, 2.24) is 10.3 Å². The summed E-state index contributed by atoms with van der Waals surface area (Å²) >= 11 is 0. The quantitative estimate of drug-likeness (QED) is 0.811. The number of hydrogen-bond donors (Lipinski definition) is 2. The normalized spacial score (nSPS) is 22.1. The highest BCUT2D eigenvalue weighted by molar-refractivity contribution is 5.40. The Hall–Kier alpha value is -1.33. The van der Waals surface area contributed by atoms with E-state index >= 15 is 0 Å². The fraction of sp³-hybridized carbons (Fsp3) is 0.583. The fourth-order valence-corrected chi connectivity index (χ4v) is 1.92. The van der Waals surface area contributed by atoms with Crippen LogP contribution < -0.4 is 15.8 Å². The van der Waals surface area contributed by atoms with E-state index in [-0.39, 0.29) is 12.2 Å². The molecule has 2 atom stereocenters. The largest absolute Gasteiger partial charge is 0.486 e. The van der Waals surface area contributed by atoms with Crippen LogP contribution in [0.3, 0.4) is 0 Å². The second kappa shape index (κ2) is 5.84. The number of nitrogen functional groups attached to an aromatic ring is 1. The number of nitrogens with one attached hydrogen (secondary N) is 1. The number of ether oxygens (including phenoxy) is 2. The smallest absolute Gasteiger partial charge is 0.140 e. The summed E-state index contributed by atoms with van der Waals surface area (Å²) in [7, 11) is 0. The molecule has 2 rings (SSSR count). The number of pyridine rings is 1. The summed E-state index contributed by atoms with van der Waals surface area (Å²) in [5.74, 6) is 0.700. The number of rotatable bonds is 4. The summed E-state index contributed by atoms with van der Waals surface area (Å²) in [5.41, 5.74) is 6.28. The lowest BCUT2D eigenvalue weighted by atomic mass is 10.1. The molecule has 2 heterocycles. The first-order valence-electron chi connectivity index (χ1n) is 5.99. The topological polar surface area (TPSA) is 69.4 Å². The van der Waals surface area contributed by atoms with Gasteiger partial charge in [-0.15, -0.1) is 0 Å². The van der Waals surface area contributed by atoms with Crippen molar-refractivity contribution in [3.63, 3.8) is 0 Å². The van der Waals surface area contributed by atoms with Gasteiger partial charge >= 0.3 is 0 Å². The highest BCUT2D eigenvalue weighted by Gasteiger charge is 2.24. The maximum atomic E-state index is 5.88. The predicted octanol–water partition coefficient (Wildman–Crippen LogP) is 0.810. The molecule has 1 aliphatic heterocycles. The molecule has 3 N–H and O–H groups in total. The molecule has 1 fully saturated rings. The van der Waals surface area contributed by atoms with Crippen molar-refractivity contribution in [3.05, 3.63) is 18.5 Å². The summed E-state index contributed by atoms with van der Waals surface area (Å²) < 4.78 is 11.6. The second-order valence-electron chi connectivity index (χ2n) is 4.13. The van der Waals surface area contributed by atoms with E-state index in [9.17, 15) is 0 Å². The van der Waals surface area contributed by atoms with E-state index in [1.807, 2.05) is 0 Å². The van der Waals surface area contributed by atoms with Gasteiger partial charge in [-0.05, 0) is 6.42 Å². The van der Waals surface area contributed by atoms with Gasteiger partial charge in [0.25, 0.3) is 0 Å². The minimum atomic E-state index is 0.0337. The van der Waals surface area contributed by atoms with Crippen molar-refractivity contribution >= 4 is 5.69 Å². The van der Waals surface area contributed by atoms with Gasteiger partial charge in [0.2, 0.25) is 0 Å². The lowest BCUT2D eigenvalue weighted by Gasteiger charge is -2.30. The zero-order chi connectivity index (χ0) is 12.1. The first-order valence-corrected chi connectivity index (χ1v) is 5.99. The molecule has 1 aromatic rings. The van der Waals surface area contributed by atoms with Crippen LogP contribution in [0, 0.1) is 0 Å². The lowest BCUT2D eigenvalue weighted by molar-refractivity contribution is -0.0428. The maximum absolute atomic E-state index is 5.88. The van der Waals surface area contributed by atoms with Gasteiger partial charge in [0.15, 0.2) is 0 Å². The molecule has 0 bridgehead atoms. The summed E-state index contributed by atoms with van der Waals surface area (Å²) in [6.07, 6.45) is 4.30. The number of anilines is 1. The first-order chi connectivity index (χ1) is 8.29. The fourth-order valence-electron chi connectivity index (χ4n) is 1.92. The molecule has 0 spiro atoms. The number of aromatic nitrogens is 1. The molecule has 0 radical (unpaired) electrons. The minimum absolute atomic E-state index is 0.0337. The van der Waals surface area contributed by atoms with Gasteiger partial charge in [0, 0.05) is 19.2 Å². The third kappa shape index (κ3) is 3.31. The molecule has 5 heteroatoms. The van der Waals surface area contributed by atoms with Crippen LogP contribution in [0.15, 0.2) is 18.5 Å². The van der Waals surface area contributed by atoms with E-state index in [1.165, 1.54) is 0 Å². The molecule has 0 amide bonds. The number of morpholine rings is 1. The Kier molecular flexibility index (Phi) is 4.17. The number of hydrogen-bond acceptors (Lipinski definition) is 5. The monoisotopic (exact) mass is 237 g/mol. The Morgan fingerprint density at radius 1 is 1.65 bits per heavy atom.